The van der Waals surface area contributed by atoms with Crippen LogP contribution in [0.25, 0.3) is 10.9 Å². The van der Waals surface area contributed by atoms with Gasteiger partial charge in [0.2, 0.25) is 0 Å². The summed E-state index contributed by atoms with van der Waals surface area (Å²) < 4.78 is 0.694. The molecule has 0 unspecified atom stereocenters. The third kappa shape index (κ3) is 1.44. The van der Waals surface area contributed by atoms with Crippen molar-refractivity contribution in [3.8, 4) is 0 Å². The minimum atomic E-state index is 0.694. The molecule has 0 saturated carbocycles. The summed E-state index contributed by atoms with van der Waals surface area (Å²) in [5, 5.41) is 1.04. The van der Waals surface area contributed by atoms with Crippen LogP contribution in [0.5, 0.6) is 0 Å². The molecule has 2 rings (SSSR count). The molecule has 0 aliphatic rings. The third-order valence-electron chi connectivity index (χ3n) is 2.34. The van der Waals surface area contributed by atoms with E-state index >= 15 is 0 Å². The largest absolute Gasteiger partial charge is 0.343 e. The molecule has 1 heterocycles. The van der Waals surface area contributed by atoms with Gasteiger partial charge in [0.25, 0.3) is 0 Å². The van der Waals surface area contributed by atoms with E-state index in [0.717, 1.165) is 23.1 Å². The number of aromatic amines is 1. The Hall–Kier alpha value is -1.22. The molecule has 14 heavy (non-hydrogen) atoms. The van der Waals surface area contributed by atoms with Gasteiger partial charge in [-0.2, -0.15) is 0 Å². The zero-order valence-electron chi connectivity index (χ0n) is 8.29. The Labute approximate surface area is 88.0 Å². The second kappa shape index (κ2) is 3.50. The van der Waals surface area contributed by atoms with Gasteiger partial charge in [-0.1, -0.05) is 31.3 Å². The predicted molar refractivity (Wildman–Crippen MR) is 61.0 cm³/mol. The fourth-order valence-corrected chi connectivity index (χ4v) is 1.81. The molecule has 72 valence electrons. The molecule has 0 saturated heterocycles. The Balaban J connectivity index is 2.91. The standard InChI is InChI=1S/C11H12N2S/c1-3-9-12-10-7(2)5-4-6-8(10)11(14)13-9/h4-6H,3H2,1-2H3,(H,12,13,14). The molecule has 1 N–H and O–H groups in total. The highest BCUT2D eigenvalue weighted by molar-refractivity contribution is 7.71. The van der Waals surface area contributed by atoms with Crippen LogP contribution in [0.4, 0.5) is 0 Å². The first-order valence-corrected chi connectivity index (χ1v) is 5.11. The first kappa shape index (κ1) is 9.34. The van der Waals surface area contributed by atoms with Gasteiger partial charge < -0.3 is 4.98 Å². The zero-order chi connectivity index (χ0) is 10.1. The van der Waals surface area contributed by atoms with Crippen LogP contribution in [0.3, 0.4) is 0 Å². The maximum absolute atomic E-state index is 5.24. The molecule has 0 bridgehead atoms. The van der Waals surface area contributed by atoms with E-state index in [2.05, 4.69) is 29.9 Å². The molecule has 3 heteroatoms. The average Bonchev–Trinajstić information content (AvgIpc) is 2.19. The van der Waals surface area contributed by atoms with Crippen LogP contribution in [-0.2, 0) is 6.42 Å². The quantitative estimate of drug-likeness (QED) is 0.723. The molecule has 1 aromatic heterocycles. The number of nitrogens with zero attached hydrogens (tertiary/aromatic N) is 1. The number of benzene rings is 1. The monoisotopic (exact) mass is 204 g/mol. The molecule has 2 nitrogen and oxygen atoms in total. The minimum absolute atomic E-state index is 0.694. The maximum Gasteiger partial charge on any atom is 0.137 e. The van der Waals surface area contributed by atoms with Crippen molar-refractivity contribution in [3.63, 3.8) is 0 Å². The number of hydrogen-bond acceptors (Lipinski definition) is 2. The van der Waals surface area contributed by atoms with Crippen molar-refractivity contribution >= 4 is 23.1 Å². The van der Waals surface area contributed by atoms with Crippen LogP contribution in [-0.4, -0.2) is 9.97 Å². The lowest BCUT2D eigenvalue weighted by molar-refractivity contribution is 0.953. The van der Waals surface area contributed by atoms with E-state index in [0.29, 0.717) is 4.64 Å². The molecule has 0 aliphatic carbocycles. The summed E-state index contributed by atoms with van der Waals surface area (Å²) in [5.41, 5.74) is 2.33. The normalized spacial score (nSPS) is 10.7. The molecular formula is C11H12N2S. The Kier molecular flexibility index (Phi) is 2.33. The van der Waals surface area contributed by atoms with Gasteiger partial charge in [0.1, 0.15) is 10.5 Å². The van der Waals surface area contributed by atoms with Gasteiger partial charge in [0, 0.05) is 11.8 Å². The van der Waals surface area contributed by atoms with E-state index in [1.54, 1.807) is 0 Å². The van der Waals surface area contributed by atoms with Crippen LogP contribution in [0.15, 0.2) is 18.2 Å². The molecule has 0 spiro atoms. The second-order valence-corrected chi connectivity index (χ2v) is 3.73. The van der Waals surface area contributed by atoms with Crippen LogP contribution < -0.4 is 0 Å². The van der Waals surface area contributed by atoms with Gasteiger partial charge in [-0.15, -0.1) is 0 Å². The van der Waals surface area contributed by atoms with E-state index < -0.39 is 0 Å². The van der Waals surface area contributed by atoms with Crippen molar-refractivity contribution in [1.82, 2.24) is 9.97 Å². The van der Waals surface area contributed by atoms with Crippen molar-refractivity contribution in [2.45, 2.75) is 20.3 Å². The van der Waals surface area contributed by atoms with Crippen molar-refractivity contribution in [2.75, 3.05) is 0 Å². The first-order valence-electron chi connectivity index (χ1n) is 4.71. The van der Waals surface area contributed by atoms with Gasteiger partial charge in [0.05, 0.1) is 5.52 Å². The summed E-state index contributed by atoms with van der Waals surface area (Å²) in [6, 6.07) is 6.09. The lowest BCUT2D eigenvalue weighted by atomic mass is 10.1. The molecule has 0 aliphatic heterocycles. The molecule has 0 fully saturated rings. The molecule has 1 aromatic carbocycles. The smallest absolute Gasteiger partial charge is 0.137 e. The van der Waals surface area contributed by atoms with Gasteiger partial charge in [-0.3, -0.25) is 0 Å². The van der Waals surface area contributed by atoms with Crippen molar-refractivity contribution in [1.29, 1.82) is 0 Å². The number of nitrogens with one attached hydrogen (secondary N) is 1. The Morgan fingerprint density at radius 2 is 2.21 bits per heavy atom. The van der Waals surface area contributed by atoms with E-state index in [4.69, 9.17) is 12.2 Å². The van der Waals surface area contributed by atoms with Crippen molar-refractivity contribution in [2.24, 2.45) is 0 Å². The average molecular weight is 204 g/mol. The number of aromatic nitrogens is 2. The molecule has 2 aromatic rings. The molecule has 0 amide bonds. The first-order chi connectivity index (χ1) is 6.72. The highest BCUT2D eigenvalue weighted by Crippen LogP contribution is 2.16. The molecular weight excluding hydrogens is 192 g/mol. The van der Waals surface area contributed by atoms with Gasteiger partial charge in [-0.05, 0) is 18.6 Å². The van der Waals surface area contributed by atoms with Crippen LogP contribution in [0, 0.1) is 11.6 Å². The number of hydrogen-bond donors (Lipinski definition) is 1. The number of fused-ring (bicyclic) bond motifs is 1. The third-order valence-corrected chi connectivity index (χ3v) is 2.66. The van der Waals surface area contributed by atoms with E-state index in [1.807, 2.05) is 12.1 Å². The number of para-hydroxylation sites is 1. The SMILES string of the molecule is CCc1nc(=S)c2cccc(C)c2[nH]1. The topological polar surface area (TPSA) is 28.7 Å². The predicted octanol–water partition coefficient (Wildman–Crippen LogP) is 3.16. The summed E-state index contributed by atoms with van der Waals surface area (Å²) in [6.45, 7) is 4.14. The Morgan fingerprint density at radius 3 is 2.93 bits per heavy atom. The van der Waals surface area contributed by atoms with Crippen molar-refractivity contribution < 1.29 is 0 Å². The Morgan fingerprint density at radius 1 is 1.43 bits per heavy atom. The van der Waals surface area contributed by atoms with Gasteiger partial charge in [0.15, 0.2) is 0 Å². The zero-order valence-corrected chi connectivity index (χ0v) is 9.11. The highest BCUT2D eigenvalue weighted by Gasteiger charge is 2.01. The number of rotatable bonds is 1. The summed E-state index contributed by atoms with van der Waals surface area (Å²) in [6.07, 6.45) is 0.883. The van der Waals surface area contributed by atoms with E-state index in [1.165, 1.54) is 5.56 Å². The van der Waals surface area contributed by atoms with Crippen LogP contribution in [0.2, 0.25) is 0 Å². The number of aryl methyl sites for hydroxylation is 2. The highest BCUT2D eigenvalue weighted by atomic mass is 32.1. The van der Waals surface area contributed by atoms with Gasteiger partial charge in [-0.25, -0.2) is 4.98 Å². The minimum Gasteiger partial charge on any atom is -0.343 e. The summed E-state index contributed by atoms with van der Waals surface area (Å²) in [4.78, 5) is 7.63. The molecule has 0 radical (unpaired) electrons. The second-order valence-electron chi connectivity index (χ2n) is 3.34. The maximum atomic E-state index is 5.24. The Bertz CT molecular complexity index is 528. The van der Waals surface area contributed by atoms with Crippen molar-refractivity contribution in [3.05, 3.63) is 34.2 Å². The van der Waals surface area contributed by atoms with E-state index in [9.17, 15) is 0 Å². The number of H-pyrrole nitrogens is 1. The lowest BCUT2D eigenvalue weighted by Crippen LogP contribution is -1.95. The fourth-order valence-electron chi connectivity index (χ4n) is 1.53. The van der Waals surface area contributed by atoms with E-state index in [-0.39, 0.29) is 0 Å². The summed E-state index contributed by atoms with van der Waals surface area (Å²) in [7, 11) is 0. The van der Waals surface area contributed by atoms with Gasteiger partial charge >= 0.3 is 0 Å². The molecule has 0 atom stereocenters. The van der Waals surface area contributed by atoms with Crippen LogP contribution >= 0.6 is 12.2 Å². The fraction of sp³-hybridized carbons (Fsp3) is 0.273. The lowest BCUT2D eigenvalue weighted by Gasteiger charge is -2.04. The summed E-state index contributed by atoms with van der Waals surface area (Å²) in [5.74, 6) is 0.955. The summed E-state index contributed by atoms with van der Waals surface area (Å²) >= 11 is 5.24. The van der Waals surface area contributed by atoms with Crippen LogP contribution in [0.1, 0.15) is 18.3 Å².